The Balaban J connectivity index is 1.75. The molecule has 3 rings (SSSR count). The normalized spacial score (nSPS) is 14.2. The molecular weight excluding hydrogens is 526 g/mol. The van der Waals surface area contributed by atoms with Gasteiger partial charge >= 0.3 is 5.97 Å². The summed E-state index contributed by atoms with van der Waals surface area (Å²) < 4.78 is 0. The number of amides is 3. The number of aliphatic carboxylic acids is 1. The maximum Gasteiger partial charge on any atom is 0.326 e. The lowest BCUT2D eigenvalue weighted by atomic mass is 10.0. The Morgan fingerprint density at radius 2 is 1.69 bits per heavy atom. The number of nitrogens with two attached hydrogens (primary N) is 1. The average Bonchev–Trinajstić information content (AvgIpc) is 3.59. The molecule has 0 saturated heterocycles. The van der Waals surface area contributed by atoms with Crippen molar-refractivity contribution in [2.24, 2.45) is 5.73 Å². The minimum Gasteiger partial charge on any atom is -0.480 e. The summed E-state index contributed by atoms with van der Waals surface area (Å²) in [5.74, 6) is -2.81. The van der Waals surface area contributed by atoms with Crippen LogP contribution in [0.3, 0.4) is 0 Å². The number of imidazole rings is 1. The number of fused-ring (bicyclic) bond motifs is 1. The Morgan fingerprint density at radius 1 is 1.00 bits per heavy atom. The number of carboxylic acid groups (broad SMARTS) is 1. The molecule has 1 aromatic carbocycles. The number of aliphatic hydroxyl groups excluding tert-OH is 1. The molecule has 39 heavy (non-hydrogen) atoms. The first-order valence-electron chi connectivity index (χ1n) is 12.2. The smallest absolute Gasteiger partial charge is 0.326 e. The van der Waals surface area contributed by atoms with Crippen molar-refractivity contribution in [2.45, 2.75) is 43.4 Å². The van der Waals surface area contributed by atoms with Crippen LogP contribution >= 0.6 is 11.8 Å². The molecule has 0 bridgehead atoms. The Bertz CT molecular complexity index is 1260. The highest BCUT2D eigenvalue weighted by atomic mass is 32.2. The van der Waals surface area contributed by atoms with E-state index in [0.717, 1.165) is 16.5 Å². The zero-order valence-electron chi connectivity index (χ0n) is 21.3. The van der Waals surface area contributed by atoms with Crippen molar-refractivity contribution in [2.75, 3.05) is 18.6 Å². The van der Waals surface area contributed by atoms with Crippen LogP contribution in [0.2, 0.25) is 0 Å². The number of benzene rings is 1. The standard InChI is InChI=1S/C25H33N7O6S/c1-39-7-6-17(26)22(34)30-19(8-14-10-28-18-5-3-2-4-16(14)18)23(35)32-21(12-33)24(36)31-20(25(37)38)9-15-11-27-13-29-15/h2-5,10-11,13,17,19-21,28,33H,6-9,12,26H2,1H3,(H,27,29)(H,30,34)(H,31,36)(H,32,35)(H,37,38). The molecule has 4 atom stereocenters. The molecule has 0 saturated carbocycles. The van der Waals surface area contributed by atoms with Gasteiger partial charge in [-0.1, -0.05) is 18.2 Å². The SMILES string of the molecule is CSCCC(N)C(=O)NC(Cc1c[nH]c2ccccc12)C(=O)NC(CO)C(=O)NC(Cc1cnc[nH]1)C(=O)O. The van der Waals surface area contributed by atoms with Gasteiger partial charge in [-0.3, -0.25) is 14.4 Å². The maximum absolute atomic E-state index is 13.3. The number of hydrogen-bond donors (Lipinski definition) is 8. The molecule has 0 fully saturated rings. The molecule has 0 spiro atoms. The summed E-state index contributed by atoms with van der Waals surface area (Å²) in [6, 6.07) is 2.69. The van der Waals surface area contributed by atoms with Crippen molar-refractivity contribution in [3.8, 4) is 0 Å². The van der Waals surface area contributed by atoms with Gasteiger partial charge < -0.3 is 41.9 Å². The summed E-state index contributed by atoms with van der Waals surface area (Å²) in [6.45, 7) is -0.797. The number of carbonyl (C=O) groups is 4. The number of carbonyl (C=O) groups excluding carboxylic acids is 3. The van der Waals surface area contributed by atoms with Crippen LogP contribution in [-0.4, -0.2) is 91.6 Å². The zero-order valence-corrected chi connectivity index (χ0v) is 22.2. The van der Waals surface area contributed by atoms with Crippen LogP contribution in [0, 0.1) is 0 Å². The van der Waals surface area contributed by atoms with Gasteiger partial charge in [-0.05, 0) is 30.1 Å². The summed E-state index contributed by atoms with van der Waals surface area (Å²) in [6.07, 6.45) is 6.82. The molecule has 2 aromatic heterocycles. The molecular formula is C25H33N7O6S. The Labute approximate surface area is 228 Å². The molecule has 210 valence electrons. The van der Waals surface area contributed by atoms with Gasteiger partial charge in [-0.15, -0.1) is 0 Å². The van der Waals surface area contributed by atoms with E-state index in [4.69, 9.17) is 5.73 Å². The summed E-state index contributed by atoms with van der Waals surface area (Å²) >= 11 is 1.54. The summed E-state index contributed by atoms with van der Waals surface area (Å²) in [7, 11) is 0. The third-order valence-electron chi connectivity index (χ3n) is 6.11. The van der Waals surface area contributed by atoms with E-state index in [9.17, 15) is 29.4 Å². The number of hydrogen-bond acceptors (Lipinski definition) is 8. The van der Waals surface area contributed by atoms with Gasteiger partial charge in [0.2, 0.25) is 17.7 Å². The number of nitrogens with zero attached hydrogens (tertiary/aromatic N) is 1. The van der Waals surface area contributed by atoms with E-state index in [1.165, 1.54) is 24.3 Å². The first kappa shape index (κ1) is 29.7. The first-order chi connectivity index (χ1) is 18.7. The second-order valence-electron chi connectivity index (χ2n) is 8.94. The van der Waals surface area contributed by atoms with Crippen LogP contribution in [-0.2, 0) is 32.0 Å². The van der Waals surface area contributed by atoms with Crippen molar-refractivity contribution in [1.82, 2.24) is 30.9 Å². The molecule has 9 N–H and O–H groups in total. The average molecular weight is 560 g/mol. The predicted molar refractivity (Wildman–Crippen MR) is 146 cm³/mol. The fourth-order valence-corrected chi connectivity index (χ4v) is 4.43. The summed E-state index contributed by atoms with van der Waals surface area (Å²) in [5, 5.41) is 27.7. The van der Waals surface area contributed by atoms with Crippen LogP contribution < -0.4 is 21.7 Å². The molecule has 0 aliphatic carbocycles. The largest absolute Gasteiger partial charge is 0.480 e. The van der Waals surface area contributed by atoms with Crippen LogP contribution in [0.4, 0.5) is 0 Å². The van der Waals surface area contributed by atoms with Crippen LogP contribution in [0.15, 0.2) is 43.0 Å². The van der Waals surface area contributed by atoms with E-state index >= 15 is 0 Å². The lowest BCUT2D eigenvalue weighted by Crippen LogP contribution is -2.58. The van der Waals surface area contributed by atoms with E-state index in [1.54, 1.807) is 6.20 Å². The topological polar surface area (TPSA) is 215 Å². The maximum atomic E-state index is 13.3. The number of carboxylic acids is 1. The Hall–Kier alpha value is -3.88. The molecule has 0 radical (unpaired) electrons. The highest BCUT2D eigenvalue weighted by Gasteiger charge is 2.31. The van der Waals surface area contributed by atoms with Crippen molar-refractivity contribution in [1.29, 1.82) is 0 Å². The Kier molecular flexibility index (Phi) is 10.9. The highest BCUT2D eigenvalue weighted by molar-refractivity contribution is 7.98. The van der Waals surface area contributed by atoms with E-state index in [2.05, 4.69) is 30.9 Å². The summed E-state index contributed by atoms with van der Waals surface area (Å²) in [5.41, 5.74) is 8.07. The van der Waals surface area contributed by atoms with Gasteiger partial charge in [0, 0.05) is 41.8 Å². The second kappa shape index (κ2) is 14.3. The molecule has 0 aliphatic heterocycles. The van der Waals surface area contributed by atoms with Gasteiger partial charge in [0.1, 0.15) is 18.1 Å². The molecule has 14 heteroatoms. The van der Waals surface area contributed by atoms with Crippen LogP contribution in [0.1, 0.15) is 17.7 Å². The van der Waals surface area contributed by atoms with Crippen LogP contribution in [0.25, 0.3) is 10.9 Å². The number of rotatable bonds is 15. The van der Waals surface area contributed by atoms with Crippen molar-refractivity contribution in [3.05, 3.63) is 54.2 Å². The quantitative estimate of drug-likeness (QED) is 0.118. The lowest BCUT2D eigenvalue weighted by molar-refractivity contribution is -0.142. The number of thioether (sulfide) groups is 1. The van der Waals surface area contributed by atoms with Gasteiger partial charge in [0.05, 0.1) is 19.0 Å². The van der Waals surface area contributed by atoms with E-state index in [1.807, 2.05) is 30.5 Å². The van der Waals surface area contributed by atoms with Crippen molar-refractivity contribution < 1.29 is 29.4 Å². The third-order valence-corrected chi connectivity index (χ3v) is 6.75. The minimum atomic E-state index is -1.46. The molecule has 0 aliphatic rings. The minimum absolute atomic E-state index is 0.0776. The van der Waals surface area contributed by atoms with E-state index < -0.39 is 54.5 Å². The zero-order chi connectivity index (χ0) is 28.4. The number of aliphatic hydroxyl groups is 1. The molecule has 3 aromatic rings. The van der Waals surface area contributed by atoms with E-state index in [0.29, 0.717) is 17.9 Å². The summed E-state index contributed by atoms with van der Waals surface area (Å²) in [4.78, 5) is 60.3. The fourth-order valence-electron chi connectivity index (χ4n) is 3.94. The Morgan fingerprint density at radius 3 is 2.36 bits per heavy atom. The molecule has 2 heterocycles. The predicted octanol–water partition coefficient (Wildman–Crippen LogP) is -0.712. The first-order valence-corrected chi connectivity index (χ1v) is 13.6. The third kappa shape index (κ3) is 8.30. The number of aromatic amines is 2. The van der Waals surface area contributed by atoms with Crippen molar-refractivity contribution in [3.63, 3.8) is 0 Å². The fraction of sp³-hybridized carbons (Fsp3) is 0.400. The molecule has 3 amide bonds. The number of aromatic nitrogens is 3. The van der Waals surface area contributed by atoms with Gasteiger partial charge in [-0.2, -0.15) is 11.8 Å². The highest BCUT2D eigenvalue weighted by Crippen LogP contribution is 2.19. The monoisotopic (exact) mass is 559 g/mol. The lowest BCUT2D eigenvalue weighted by Gasteiger charge is -2.24. The number of nitrogens with one attached hydrogen (secondary N) is 5. The number of para-hydroxylation sites is 1. The molecule has 4 unspecified atom stereocenters. The second-order valence-corrected chi connectivity index (χ2v) is 9.92. The molecule has 13 nitrogen and oxygen atoms in total. The van der Waals surface area contributed by atoms with Gasteiger partial charge in [0.25, 0.3) is 0 Å². The van der Waals surface area contributed by atoms with Gasteiger partial charge in [0.15, 0.2) is 0 Å². The van der Waals surface area contributed by atoms with Crippen molar-refractivity contribution >= 4 is 46.4 Å². The van der Waals surface area contributed by atoms with Gasteiger partial charge in [-0.25, -0.2) is 9.78 Å². The van der Waals surface area contributed by atoms with Crippen LogP contribution in [0.5, 0.6) is 0 Å². The number of H-pyrrole nitrogens is 2. The van der Waals surface area contributed by atoms with E-state index in [-0.39, 0.29) is 12.8 Å².